The summed E-state index contributed by atoms with van der Waals surface area (Å²) in [4.78, 5) is 0.0332. The second-order valence-electron chi connectivity index (χ2n) is 5.69. The van der Waals surface area contributed by atoms with Gasteiger partial charge in [0.25, 0.3) is 10.0 Å². The van der Waals surface area contributed by atoms with Crippen molar-refractivity contribution in [2.24, 2.45) is 0 Å². The van der Waals surface area contributed by atoms with Crippen molar-refractivity contribution in [2.75, 3.05) is 11.4 Å². The Morgan fingerprint density at radius 2 is 1.50 bits per heavy atom. The Morgan fingerprint density at radius 3 is 2.12 bits per heavy atom. The standard InChI is InChI=1S/C20H18FNO3S/c1-22(26(23,24)20-13-7-17(21)8-14-20)18-9-11-19(12-10-18)25-15-16-5-3-2-4-6-16/h2-14H,15H2,1H3. The summed E-state index contributed by atoms with van der Waals surface area (Å²) in [5.74, 6) is 0.164. The molecule has 3 aromatic carbocycles. The molecule has 0 atom stereocenters. The zero-order valence-electron chi connectivity index (χ0n) is 14.2. The van der Waals surface area contributed by atoms with Crippen molar-refractivity contribution in [3.05, 3.63) is 90.2 Å². The van der Waals surface area contributed by atoms with Crippen LogP contribution in [0.1, 0.15) is 5.56 Å². The van der Waals surface area contributed by atoms with Gasteiger partial charge >= 0.3 is 0 Å². The molecule has 0 radical (unpaired) electrons. The van der Waals surface area contributed by atoms with Crippen LogP contribution >= 0.6 is 0 Å². The molecule has 0 bridgehead atoms. The van der Waals surface area contributed by atoms with Gasteiger partial charge < -0.3 is 4.74 Å². The Bertz CT molecular complexity index is 956. The van der Waals surface area contributed by atoms with Crippen molar-refractivity contribution in [3.63, 3.8) is 0 Å². The Hall–Kier alpha value is -2.86. The first-order valence-corrected chi connectivity index (χ1v) is 9.42. The van der Waals surface area contributed by atoms with E-state index >= 15 is 0 Å². The summed E-state index contributed by atoms with van der Waals surface area (Å²) >= 11 is 0. The molecule has 0 aliphatic rings. The molecule has 3 rings (SSSR count). The molecule has 6 heteroatoms. The molecule has 0 aliphatic heterocycles. The minimum Gasteiger partial charge on any atom is -0.489 e. The van der Waals surface area contributed by atoms with E-state index in [2.05, 4.69) is 0 Å². The van der Waals surface area contributed by atoms with Gasteiger partial charge in [0, 0.05) is 7.05 Å². The highest BCUT2D eigenvalue weighted by atomic mass is 32.2. The summed E-state index contributed by atoms with van der Waals surface area (Å²) in [5, 5.41) is 0. The van der Waals surface area contributed by atoms with Crippen LogP contribution in [0.4, 0.5) is 10.1 Å². The molecule has 134 valence electrons. The monoisotopic (exact) mass is 371 g/mol. The number of hydrogen-bond acceptors (Lipinski definition) is 3. The fourth-order valence-corrected chi connectivity index (χ4v) is 3.59. The SMILES string of the molecule is CN(c1ccc(OCc2ccccc2)cc1)S(=O)(=O)c1ccc(F)cc1. The molecule has 0 fully saturated rings. The zero-order chi connectivity index (χ0) is 18.6. The number of benzene rings is 3. The van der Waals surface area contributed by atoms with E-state index in [1.54, 1.807) is 24.3 Å². The average Bonchev–Trinajstić information content (AvgIpc) is 2.67. The summed E-state index contributed by atoms with van der Waals surface area (Å²) in [6, 6.07) is 21.3. The van der Waals surface area contributed by atoms with E-state index in [1.807, 2.05) is 30.3 Å². The summed E-state index contributed by atoms with van der Waals surface area (Å²) in [7, 11) is -2.29. The van der Waals surface area contributed by atoms with Crippen molar-refractivity contribution in [3.8, 4) is 5.75 Å². The molecule has 0 amide bonds. The van der Waals surface area contributed by atoms with Gasteiger partial charge in [-0.3, -0.25) is 4.31 Å². The maximum absolute atomic E-state index is 13.0. The van der Waals surface area contributed by atoms with Crippen molar-refractivity contribution < 1.29 is 17.5 Å². The minimum absolute atomic E-state index is 0.0332. The number of halogens is 1. The van der Waals surface area contributed by atoms with E-state index in [1.165, 1.54) is 19.2 Å². The molecule has 0 spiro atoms. The summed E-state index contributed by atoms with van der Waals surface area (Å²) in [6.45, 7) is 0.434. The molecule has 0 aliphatic carbocycles. The fourth-order valence-electron chi connectivity index (χ4n) is 2.40. The molecule has 4 nitrogen and oxygen atoms in total. The second kappa shape index (κ2) is 7.58. The lowest BCUT2D eigenvalue weighted by atomic mass is 10.2. The average molecular weight is 371 g/mol. The number of ether oxygens (including phenoxy) is 1. The van der Waals surface area contributed by atoms with Crippen LogP contribution in [-0.2, 0) is 16.6 Å². The predicted octanol–water partition coefficient (Wildman–Crippen LogP) is 4.23. The minimum atomic E-state index is -3.75. The van der Waals surface area contributed by atoms with Crippen LogP contribution < -0.4 is 9.04 Å². The van der Waals surface area contributed by atoms with E-state index < -0.39 is 15.8 Å². The van der Waals surface area contributed by atoms with E-state index in [-0.39, 0.29) is 4.90 Å². The van der Waals surface area contributed by atoms with Crippen LogP contribution in [0.25, 0.3) is 0 Å². The second-order valence-corrected chi connectivity index (χ2v) is 7.66. The Morgan fingerprint density at radius 1 is 0.885 bits per heavy atom. The van der Waals surface area contributed by atoms with Crippen LogP contribution in [-0.4, -0.2) is 15.5 Å². The quantitative estimate of drug-likeness (QED) is 0.651. The van der Waals surface area contributed by atoms with Crippen molar-refractivity contribution in [1.29, 1.82) is 0 Å². The highest BCUT2D eigenvalue weighted by Crippen LogP contribution is 2.24. The number of rotatable bonds is 6. The summed E-state index contributed by atoms with van der Waals surface area (Å²) < 4.78 is 45.1. The maximum atomic E-state index is 13.0. The van der Waals surface area contributed by atoms with Gasteiger partial charge in [-0.1, -0.05) is 30.3 Å². The molecular weight excluding hydrogens is 353 g/mol. The third-order valence-electron chi connectivity index (χ3n) is 3.92. The zero-order valence-corrected chi connectivity index (χ0v) is 15.0. The van der Waals surface area contributed by atoms with E-state index in [0.717, 1.165) is 22.0 Å². The topological polar surface area (TPSA) is 46.6 Å². The Balaban J connectivity index is 1.72. The maximum Gasteiger partial charge on any atom is 0.264 e. The lowest BCUT2D eigenvalue weighted by Gasteiger charge is -2.20. The van der Waals surface area contributed by atoms with Crippen molar-refractivity contribution in [2.45, 2.75) is 11.5 Å². The number of hydrogen-bond donors (Lipinski definition) is 0. The first-order chi connectivity index (χ1) is 12.5. The van der Waals surface area contributed by atoms with Gasteiger partial charge in [-0.05, 0) is 54.1 Å². The number of nitrogens with zero attached hydrogens (tertiary/aromatic N) is 1. The molecule has 26 heavy (non-hydrogen) atoms. The van der Waals surface area contributed by atoms with Gasteiger partial charge in [-0.15, -0.1) is 0 Å². The lowest BCUT2D eigenvalue weighted by molar-refractivity contribution is 0.306. The number of sulfonamides is 1. The summed E-state index contributed by atoms with van der Waals surface area (Å²) in [5.41, 5.74) is 1.54. The van der Waals surface area contributed by atoms with Gasteiger partial charge in [0.1, 0.15) is 18.2 Å². The highest BCUT2D eigenvalue weighted by molar-refractivity contribution is 7.92. The Kier molecular flexibility index (Phi) is 5.23. The third kappa shape index (κ3) is 4.03. The third-order valence-corrected chi connectivity index (χ3v) is 5.72. The fraction of sp³-hybridized carbons (Fsp3) is 0.100. The largest absolute Gasteiger partial charge is 0.489 e. The lowest BCUT2D eigenvalue weighted by Crippen LogP contribution is -2.26. The first kappa shape index (κ1) is 17.9. The Labute approximate surface area is 152 Å². The molecule has 0 saturated heterocycles. The molecule has 3 aromatic rings. The van der Waals surface area contributed by atoms with E-state index in [0.29, 0.717) is 18.0 Å². The normalized spacial score (nSPS) is 11.2. The summed E-state index contributed by atoms with van der Waals surface area (Å²) in [6.07, 6.45) is 0. The van der Waals surface area contributed by atoms with Crippen LogP contribution in [0.2, 0.25) is 0 Å². The molecule has 0 N–H and O–H groups in total. The van der Waals surface area contributed by atoms with Gasteiger partial charge in [-0.25, -0.2) is 12.8 Å². The van der Waals surface area contributed by atoms with Gasteiger partial charge in [0.15, 0.2) is 0 Å². The van der Waals surface area contributed by atoms with Crippen LogP contribution in [0.3, 0.4) is 0 Å². The van der Waals surface area contributed by atoms with E-state index in [9.17, 15) is 12.8 Å². The molecule has 0 saturated carbocycles. The first-order valence-electron chi connectivity index (χ1n) is 7.98. The van der Waals surface area contributed by atoms with Gasteiger partial charge in [0.2, 0.25) is 0 Å². The predicted molar refractivity (Wildman–Crippen MR) is 99.2 cm³/mol. The smallest absolute Gasteiger partial charge is 0.264 e. The van der Waals surface area contributed by atoms with Crippen LogP contribution in [0.15, 0.2) is 83.8 Å². The van der Waals surface area contributed by atoms with Crippen LogP contribution in [0.5, 0.6) is 5.75 Å². The molecule has 0 unspecified atom stereocenters. The van der Waals surface area contributed by atoms with Gasteiger partial charge in [-0.2, -0.15) is 0 Å². The van der Waals surface area contributed by atoms with Gasteiger partial charge in [0.05, 0.1) is 10.6 Å². The van der Waals surface area contributed by atoms with Crippen molar-refractivity contribution in [1.82, 2.24) is 0 Å². The molecular formula is C20H18FNO3S. The van der Waals surface area contributed by atoms with E-state index in [4.69, 9.17) is 4.74 Å². The highest BCUT2D eigenvalue weighted by Gasteiger charge is 2.21. The van der Waals surface area contributed by atoms with Crippen molar-refractivity contribution >= 4 is 15.7 Å². The van der Waals surface area contributed by atoms with Crippen LogP contribution in [0, 0.1) is 5.82 Å². The molecule has 0 heterocycles. The number of anilines is 1. The molecule has 0 aromatic heterocycles.